The summed E-state index contributed by atoms with van der Waals surface area (Å²) in [5, 5.41) is 34.5. The largest absolute Gasteiger partial charge is 0.458 e. The number of allylic oxidation sites excluding steroid dienone is 2. The molecule has 0 spiro atoms. The topological polar surface area (TPSA) is 206 Å². The monoisotopic (exact) mass is 993 g/mol. The minimum Gasteiger partial charge on any atom is -0.458 e. The van der Waals surface area contributed by atoms with Crippen LogP contribution in [-0.2, 0) is 66.4 Å². The number of carbonyl (C=O) groups is 2. The number of rotatable bonds is 14. The van der Waals surface area contributed by atoms with Crippen LogP contribution in [0, 0.1) is 28.6 Å². The van der Waals surface area contributed by atoms with Gasteiger partial charge in [-0.15, -0.1) is 0 Å². The van der Waals surface area contributed by atoms with Gasteiger partial charge in [0.1, 0.15) is 36.3 Å². The average molecular weight is 993 g/mol. The van der Waals surface area contributed by atoms with Crippen LogP contribution in [0.4, 0.5) is 0 Å². The van der Waals surface area contributed by atoms with E-state index < -0.39 is 115 Å². The van der Waals surface area contributed by atoms with Crippen molar-refractivity contribution < 1.29 is 81.8 Å². The first-order chi connectivity index (χ1) is 33.2. The lowest BCUT2D eigenvalue weighted by Crippen LogP contribution is -2.66. The molecule has 8 rings (SSSR count). The Hall–Kier alpha value is -1.94. The Morgan fingerprint density at radius 1 is 0.686 bits per heavy atom. The third kappa shape index (κ3) is 10.1. The van der Waals surface area contributed by atoms with E-state index in [0.29, 0.717) is 50.5 Å². The maximum atomic E-state index is 13.3. The fourth-order valence-electron chi connectivity index (χ4n) is 14.2. The maximum absolute atomic E-state index is 13.3. The van der Waals surface area contributed by atoms with Crippen molar-refractivity contribution in [3.8, 4) is 0 Å². The molecule has 4 aliphatic carbocycles. The van der Waals surface area contributed by atoms with Crippen molar-refractivity contribution in [2.24, 2.45) is 28.6 Å². The molecule has 4 heterocycles. The van der Waals surface area contributed by atoms with Gasteiger partial charge in [0.2, 0.25) is 0 Å². The SMILES string of the molecule is C/C=C(\C)C(=O)O[C@@H]1CC2C(CC=C3C[C@@H](O[C@H]4C[C@H](OC)[C@H](O[C@H]5C[C@H](OC)[C@H](O[C@H]6C[C@H](O)[C@@H](O[C@@H]7C[C@H](OC)[C@H](O)[C@@H](C)O7)[C@@H](C)O6)[C@@H](C)O5)[C@@H](C)O4)CC[C@@]32C)[C@@]2(O)CC[C@H](C(C)=O)[C@@]12C. The lowest BCUT2D eigenvalue weighted by molar-refractivity contribution is -0.346. The van der Waals surface area contributed by atoms with Gasteiger partial charge >= 0.3 is 5.97 Å². The zero-order valence-corrected chi connectivity index (χ0v) is 43.6. The van der Waals surface area contributed by atoms with Crippen molar-refractivity contribution >= 4 is 11.8 Å². The van der Waals surface area contributed by atoms with E-state index in [9.17, 15) is 24.9 Å². The Morgan fingerprint density at radius 2 is 1.21 bits per heavy atom. The number of Topliss-reactive ketones (excluding diaryl/α,β-unsaturated/α-hetero) is 1. The number of carbonyl (C=O) groups excluding carboxylic acids is 2. The number of ether oxygens (including phenoxy) is 12. The molecule has 0 radical (unpaired) electrons. The smallest absolute Gasteiger partial charge is 0.333 e. The lowest BCUT2D eigenvalue weighted by Gasteiger charge is -2.63. The van der Waals surface area contributed by atoms with Crippen LogP contribution in [0.2, 0.25) is 0 Å². The summed E-state index contributed by atoms with van der Waals surface area (Å²) in [6.07, 6.45) is 0.405. The van der Waals surface area contributed by atoms with Crippen LogP contribution >= 0.6 is 0 Å². The van der Waals surface area contributed by atoms with Crippen molar-refractivity contribution in [3.63, 3.8) is 0 Å². The summed E-state index contributed by atoms with van der Waals surface area (Å²) in [6.45, 7) is 16.9. The third-order valence-electron chi connectivity index (χ3n) is 18.5. The van der Waals surface area contributed by atoms with Crippen LogP contribution in [0.1, 0.15) is 133 Å². The van der Waals surface area contributed by atoms with Gasteiger partial charge < -0.3 is 72.2 Å². The zero-order chi connectivity index (χ0) is 50.6. The Bertz CT molecular complexity index is 1880. The van der Waals surface area contributed by atoms with Crippen LogP contribution in [0.3, 0.4) is 0 Å². The van der Waals surface area contributed by atoms with Crippen LogP contribution < -0.4 is 0 Å². The van der Waals surface area contributed by atoms with E-state index in [1.165, 1.54) is 5.57 Å². The molecule has 3 saturated carbocycles. The summed E-state index contributed by atoms with van der Waals surface area (Å²) in [5.74, 6) is -0.738. The average Bonchev–Trinajstić information content (AvgIpc) is 3.61. The molecule has 398 valence electrons. The lowest BCUT2D eigenvalue weighted by atomic mass is 9.45. The van der Waals surface area contributed by atoms with Gasteiger partial charge in [0.15, 0.2) is 25.2 Å². The van der Waals surface area contributed by atoms with Gasteiger partial charge in [0.25, 0.3) is 0 Å². The number of fused-ring (bicyclic) bond motifs is 5. The molecule has 0 amide bonds. The molecule has 0 aromatic rings. The predicted molar refractivity (Wildman–Crippen MR) is 252 cm³/mol. The molecule has 0 bridgehead atoms. The number of aliphatic hydroxyl groups is 3. The molecule has 17 nitrogen and oxygen atoms in total. The molecular weight excluding hydrogens is 909 g/mol. The summed E-state index contributed by atoms with van der Waals surface area (Å²) in [6, 6.07) is 0. The highest BCUT2D eigenvalue weighted by Gasteiger charge is 2.71. The van der Waals surface area contributed by atoms with Crippen LogP contribution in [0.5, 0.6) is 0 Å². The molecule has 4 aliphatic heterocycles. The molecular formula is C53H84O17. The standard InChI is InChI=1S/C53H84O17/c1-13-26(2)50(57)67-41-21-36-35(53(58)19-17-34(27(3)54)52(41,53)9)15-14-32-20-33(16-18-51(32,36)8)66-43-24-39(60-11)49(30(6)64-43)70-45-25-40(61-12)48(31(7)65-45)69-42-22-37(55)47(29(5)63-42)68-44-23-38(59-10)46(56)28(4)62-44/h13-14,28-31,33-49,55-56,58H,15-25H2,1-12H3/b26-13+/t28-,29-,30-,31-,33+,34-,35?,36?,37+,38+,39+,40+,41-,42+,43+,44-,45+,46-,47+,48-,49-,51+,52+,53+/m1/s1. The molecule has 7 fully saturated rings. The van der Waals surface area contributed by atoms with E-state index in [0.717, 1.165) is 19.3 Å². The van der Waals surface area contributed by atoms with Crippen molar-refractivity contribution in [1.82, 2.24) is 0 Å². The second kappa shape index (κ2) is 21.7. The fourth-order valence-corrected chi connectivity index (χ4v) is 14.2. The molecule has 0 aromatic heterocycles. The summed E-state index contributed by atoms with van der Waals surface area (Å²) < 4.78 is 75.0. The van der Waals surface area contributed by atoms with Gasteiger partial charge in [-0.2, -0.15) is 0 Å². The van der Waals surface area contributed by atoms with Crippen LogP contribution in [0.15, 0.2) is 23.3 Å². The quantitative estimate of drug-likeness (QED) is 0.110. The normalized spacial score (nSPS) is 49.8. The second-order valence-corrected chi connectivity index (χ2v) is 22.3. The third-order valence-corrected chi connectivity index (χ3v) is 18.5. The van der Waals surface area contributed by atoms with Crippen LogP contribution in [0.25, 0.3) is 0 Å². The van der Waals surface area contributed by atoms with Crippen molar-refractivity contribution in [2.75, 3.05) is 21.3 Å². The first-order valence-electron chi connectivity index (χ1n) is 26.1. The highest BCUT2D eigenvalue weighted by Crippen LogP contribution is 2.68. The molecule has 0 aromatic carbocycles. The first-order valence-corrected chi connectivity index (χ1v) is 26.1. The van der Waals surface area contributed by atoms with E-state index in [-0.39, 0.29) is 47.6 Å². The number of esters is 1. The fraction of sp³-hybridized carbons (Fsp3) is 0.887. The molecule has 17 heteroatoms. The highest BCUT2D eigenvalue weighted by atomic mass is 16.8. The number of hydrogen-bond acceptors (Lipinski definition) is 17. The van der Waals surface area contributed by atoms with Gasteiger partial charge in [-0.25, -0.2) is 4.79 Å². The Morgan fingerprint density at radius 3 is 1.77 bits per heavy atom. The Labute approximate surface area is 414 Å². The van der Waals surface area contributed by atoms with Gasteiger partial charge in [0, 0.05) is 63.9 Å². The van der Waals surface area contributed by atoms with Gasteiger partial charge in [-0.1, -0.05) is 31.6 Å². The minimum absolute atomic E-state index is 0.0387. The number of hydrogen-bond donors (Lipinski definition) is 3. The summed E-state index contributed by atoms with van der Waals surface area (Å²) in [7, 11) is 4.85. The Balaban J connectivity index is 0.850. The molecule has 3 N–H and O–H groups in total. The molecule has 4 saturated heterocycles. The molecule has 8 aliphatic rings. The molecule has 70 heavy (non-hydrogen) atoms. The summed E-state index contributed by atoms with van der Waals surface area (Å²) in [4.78, 5) is 26.5. The van der Waals surface area contributed by atoms with Gasteiger partial charge in [0.05, 0.1) is 60.5 Å². The van der Waals surface area contributed by atoms with E-state index >= 15 is 0 Å². The number of methoxy groups -OCH3 is 3. The zero-order valence-electron chi connectivity index (χ0n) is 43.6. The Kier molecular flexibility index (Phi) is 16.9. The molecule has 24 atom stereocenters. The summed E-state index contributed by atoms with van der Waals surface area (Å²) in [5.41, 5.74) is -0.451. The van der Waals surface area contributed by atoms with Gasteiger partial charge in [-0.05, 0) is 111 Å². The molecule has 2 unspecified atom stereocenters. The van der Waals surface area contributed by atoms with Crippen molar-refractivity contribution in [2.45, 2.75) is 249 Å². The first kappa shape index (κ1) is 54.3. The van der Waals surface area contributed by atoms with Crippen LogP contribution in [-0.4, -0.2) is 165 Å². The minimum atomic E-state index is -1.15. The maximum Gasteiger partial charge on any atom is 0.333 e. The van der Waals surface area contributed by atoms with Gasteiger partial charge in [-0.3, -0.25) is 4.79 Å². The van der Waals surface area contributed by atoms with E-state index in [1.54, 1.807) is 48.2 Å². The number of ketones is 1. The van der Waals surface area contributed by atoms with Crippen molar-refractivity contribution in [3.05, 3.63) is 23.3 Å². The van der Waals surface area contributed by atoms with Crippen molar-refractivity contribution in [1.29, 1.82) is 0 Å². The second-order valence-electron chi connectivity index (χ2n) is 22.3. The van der Waals surface area contributed by atoms with E-state index in [4.69, 9.17) is 56.8 Å². The van der Waals surface area contributed by atoms with E-state index in [1.807, 2.05) is 34.6 Å². The predicted octanol–water partition coefficient (Wildman–Crippen LogP) is 5.60. The summed E-state index contributed by atoms with van der Waals surface area (Å²) >= 11 is 0. The van der Waals surface area contributed by atoms with E-state index in [2.05, 4.69) is 13.0 Å². The number of aliphatic hydroxyl groups excluding tert-OH is 2. The highest BCUT2D eigenvalue weighted by molar-refractivity contribution is 5.88.